The molecule has 0 spiro atoms. The lowest BCUT2D eigenvalue weighted by atomic mass is 10.1. The summed E-state index contributed by atoms with van der Waals surface area (Å²) in [6.45, 7) is 4.93. The quantitative estimate of drug-likeness (QED) is 0.918. The van der Waals surface area contributed by atoms with E-state index in [9.17, 15) is 0 Å². The molecule has 1 aromatic rings. The van der Waals surface area contributed by atoms with E-state index in [4.69, 9.17) is 17.3 Å². The van der Waals surface area contributed by atoms with Gasteiger partial charge < -0.3 is 5.73 Å². The Morgan fingerprint density at radius 1 is 1.47 bits per heavy atom. The molecule has 1 fully saturated rings. The maximum Gasteiger partial charge on any atom is 0.0438 e. The minimum absolute atomic E-state index is 0. The largest absolute Gasteiger partial charge is 0.329 e. The molecule has 0 aromatic heterocycles. The molecule has 0 amide bonds. The van der Waals surface area contributed by atoms with E-state index in [2.05, 4.69) is 23.1 Å². The van der Waals surface area contributed by atoms with Gasteiger partial charge in [-0.1, -0.05) is 23.7 Å². The fraction of sp³-hybridized carbons (Fsp3) is 0.538. The van der Waals surface area contributed by atoms with Gasteiger partial charge in [-0.05, 0) is 43.5 Å². The average Bonchev–Trinajstić information content (AvgIpc) is 2.71. The van der Waals surface area contributed by atoms with Crippen LogP contribution in [0, 0.1) is 6.92 Å². The van der Waals surface area contributed by atoms with Crippen molar-refractivity contribution in [2.45, 2.75) is 32.4 Å². The monoisotopic (exact) mass is 274 g/mol. The summed E-state index contributed by atoms with van der Waals surface area (Å²) in [5, 5.41) is 0.862. The van der Waals surface area contributed by atoms with E-state index in [0.29, 0.717) is 6.04 Å². The molecule has 1 saturated heterocycles. The molecule has 1 aromatic carbocycles. The second-order valence-electron chi connectivity index (χ2n) is 4.59. The lowest BCUT2D eigenvalue weighted by Crippen LogP contribution is -2.34. The highest BCUT2D eigenvalue weighted by atomic mass is 35.5. The van der Waals surface area contributed by atoms with E-state index >= 15 is 0 Å². The van der Waals surface area contributed by atoms with E-state index in [1.54, 1.807) is 0 Å². The third kappa shape index (κ3) is 3.59. The van der Waals surface area contributed by atoms with E-state index in [1.807, 2.05) is 6.92 Å². The van der Waals surface area contributed by atoms with Crippen molar-refractivity contribution in [3.8, 4) is 0 Å². The molecule has 0 radical (unpaired) electrons. The van der Waals surface area contributed by atoms with Gasteiger partial charge in [-0.2, -0.15) is 0 Å². The number of hydrogen-bond donors (Lipinski definition) is 1. The summed E-state index contributed by atoms with van der Waals surface area (Å²) in [5.74, 6) is 0. The van der Waals surface area contributed by atoms with E-state index < -0.39 is 0 Å². The number of nitrogens with two attached hydrogens (primary N) is 1. The second kappa shape index (κ2) is 6.60. The molecule has 1 aliphatic rings. The summed E-state index contributed by atoms with van der Waals surface area (Å²) < 4.78 is 0. The predicted molar refractivity (Wildman–Crippen MR) is 75.9 cm³/mol. The molecule has 96 valence electrons. The molecule has 0 aliphatic carbocycles. The third-order valence-corrected chi connectivity index (χ3v) is 3.80. The van der Waals surface area contributed by atoms with Crippen LogP contribution in [0.4, 0.5) is 0 Å². The van der Waals surface area contributed by atoms with Crippen molar-refractivity contribution in [1.29, 1.82) is 0 Å². The minimum atomic E-state index is 0. The number of hydrogen-bond acceptors (Lipinski definition) is 2. The van der Waals surface area contributed by atoms with E-state index in [-0.39, 0.29) is 12.4 Å². The Balaban J connectivity index is 0.00000144. The Morgan fingerprint density at radius 2 is 2.24 bits per heavy atom. The van der Waals surface area contributed by atoms with Crippen LogP contribution in [0.25, 0.3) is 0 Å². The van der Waals surface area contributed by atoms with E-state index in [0.717, 1.165) is 30.2 Å². The summed E-state index contributed by atoms with van der Waals surface area (Å²) in [6, 6.07) is 6.88. The zero-order chi connectivity index (χ0) is 11.5. The summed E-state index contributed by atoms with van der Waals surface area (Å²) in [7, 11) is 0. The van der Waals surface area contributed by atoms with Gasteiger partial charge in [0.25, 0.3) is 0 Å². The molecule has 17 heavy (non-hydrogen) atoms. The highest BCUT2D eigenvalue weighted by molar-refractivity contribution is 6.31. The zero-order valence-corrected chi connectivity index (χ0v) is 11.7. The first-order valence-electron chi connectivity index (χ1n) is 5.90. The van der Waals surface area contributed by atoms with Gasteiger partial charge in [0, 0.05) is 24.2 Å². The van der Waals surface area contributed by atoms with Crippen molar-refractivity contribution in [2.24, 2.45) is 5.73 Å². The Hall–Kier alpha value is -0.280. The minimum Gasteiger partial charge on any atom is -0.329 e. The molecule has 1 unspecified atom stereocenters. The SMILES string of the molecule is Cc1ccc(CN2CCCC2CN)cc1Cl.Cl. The highest BCUT2D eigenvalue weighted by Gasteiger charge is 2.22. The predicted octanol–water partition coefficient (Wildman–Crippen LogP) is 2.99. The van der Waals surface area contributed by atoms with Crippen LogP contribution in [0.5, 0.6) is 0 Å². The molecular weight excluding hydrogens is 255 g/mol. The molecular formula is C13H20Cl2N2. The maximum atomic E-state index is 6.13. The second-order valence-corrected chi connectivity index (χ2v) is 4.99. The molecule has 1 aliphatic heterocycles. The van der Waals surface area contributed by atoms with Gasteiger partial charge >= 0.3 is 0 Å². The van der Waals surface area contributed by atoms with Crippen LogP contribution in [0.3, 0.4) is 0 Å². The van der Waals surface area contributed by atoms with Crippen LogP contribution in [-0.4, -0.2) is 24.0 Å². The van der Waals surface area contributed by atoms with Crippen molar-refractivity contribution < 1.29 is 0 Å². The van der Waals surface area contributed by atoms with Crippen LogP contribution < -0.4 is 5.73 Å². The number of halogens is 2. The number of benzene rings is 1. The van der Waals surface area contributed by atoms with Gasteiger partial charge in [-0.15, -0.1) is 12.4 Å². The molecule has 2 rings (SSSR count). The van der Waals surface area contributed by atoms with E-state index in [1.165, 1.54) is 18.4 Å². The Bertz CT molecular complexity index is 368. The topological polar surface area (TPSA) is 29.3 Å². The zero-order valence-electron chi connectivity index (χ0n) is 10.2. The van der Waals surface area contributed by atoms with Gasteiger partial charge in [0.2, 0.25) is 0 Å². The molecule has 0 bridgehead atoms. The number of likely N-dealkylation sites (tertiary alicyclic amines) is 1. The van der Waals surface area contributed by atoms with Crippen LogP contribution in [0.1, 0.15) is 24.0 Å². The Kier molecular flexibility index (Phi) is 5.74. The highest BCUT2D eigenvalue weighted by Crippen LogP contribution is 2.22. The van der Waals surface area contributed by atoms with Crippen molar-refractivity contribution in [3.63, 3.8) is 0 Å². The molecule has 4 heteroatoms. The number of aryl methyl sites for hydroxylation is 1. The van der Waals surface area contributed by atoms with Gasteiger partial charge in [-0.25, -0.2) is 0 Å². The fourth-order valence-corrected chi connectivity index (χ4v) is 2.54. The average molecular weight is 275 g/mol. The number of rotatable bonds is 3. The van der Waals surface area contributed by atoms with Gasteiger partial charge in [-0.3, -0.25) is 4.90 Å². The summed E-state index contributed by atoms with van der Waals surface area (Å²) >= 11 is 6.13. The normalized spacial score (nSPS) is 20.3. The standard InChI is InChI=1S/C13H19ClN2.ClH/c1-10-4-5-11(7-13(10)14)9-16-6-2-3-12(16)8-15;/h4-5,7,12H,2-3,6,8-9,15H2,1H3;1H. The summed E-state index contributed by atoms with van der Waals surface area (Å²) in [6.07, 6.45) is 2.50. The van der Waals surface area contributed by atoms with Gasteiger partial charge in [0.05, 0.1) is 0 Å². The first-order chi connectivity index (χ1) is 7.70. The van der Waals surface area contributed by atoms with Crippen LogP contribution >= 0.6 is 24.0 Å². The van der Waals surface area contributed by atoms with Crippen molar-refractivity contribution >= 4 is 24.0 Å². The Morgan fingerprint density at radius 3 is 2.88 bits per heavy atom. The van der Waals surface area contributed by atoms with Crippen LogP contribution in [0.2, 0.25) is 5.02 Å². The smallest absolute Gasteiger partial charge is 0.0438 e. The van der Waals surface area contributed by atoms with Crippen LogP contribution in [0.15, 0.2) is 18.2 Å². The fourth-order valence-electron chi connectivity index (χ4n) is 2.34. The molecule has 0 saturated carbocycles. The summed E-state index contributed by atoms with van der Waals surface area (Å²) in [4.78, 5) is 2.46. The Labute approximate surface area is 115 Å². The molecule has 2 N–H and O–H groups in total. The first kappa shape index (κ1) is 14.8. The molecule has 2 nitrogen and oxygen atoms in total. The molecule has 1 atom stereocenters. The lowest BCUT2D eigenvalue weighted by Gasteiger charge is -2.23. The number of nitrogens with zero attached hydrogens (tertiary/aromatic N) is 1. The molecule has 1 heterocycles. The van der Waals surface area contributed by atoms with Crippen molar-refractivity contribution in [3.05, 3.63) is 34.3 Å². The summed E-state index contributed by atoms with van der Waals surface area (Å²) in [5.41, 5.74) is 8.19. The first-order valence-corrected chi connectivity index (χ1v) is 6.27. The van der Waals surface area contributed by atoms with Crippen molar-refractivity contribution in [1.82, 2.24) is 4.90 Å². The maximum absolute atomic E-state index is 6.13. The van der Waals surface area contributed by atoms with Gasteiger partial charge in [0.15, 0.2) is 0 Å². The van der Waals surface area contributed by atoms with Crippen molar-refractivity contribution in [2.75, 3.05) is 13.1 Å². The van der Waals surface area contributed by atoms with Crippen LogP contribution in [-0.2, 0) is 6.54 Å². The third-order valence-electron chi connectivity index (χ3n) is 3.39. The lowest BCUT2D eigenvalue weighted by molar-refractivity contribution is 0.250. The van der Waals surface area contributed by atoms with Gasteiger partial charge in [0.1, 0.15) is 0 Å².